The van der Waals surface area contributed by atoms with Crippen molar-refractivity contribution in [3.05, 3.63) is 81.1 Å². The quantitative estimate of drug-likeness (QED) is 0.260. The Morgan fingerprint density at radius 3 is 2.50 bits per heavy atom. The van der Waals surface area contributed by atoms with Crippen LogP contribution < -0.4 is 20.3 Å². The fraction of sp³-hybridized carbons (Fsp3) is 0.125. The zero-order valence-electron chi connectivity index (χ0n) is 18.2. The van der Waals surface area contributed by atoms with Crippen molar-refractivity contribution in [1.82, 2.24) is 9.55 Å². The Kier molecular flexibility index (Phi) is 7.31. The first kappa shape index (κ1) is 23.9. The summed E-state index contributed by atoms with van der Waals surface area (Å²) < 4.78 is 12.2. The highest BCUT2D eigenvalue weighted by Crippen LogP contribution is 2.31. The lowest BCUT2D eigenvalue weighted by Crippen LogP contribution is -2.23. The van der Waals surface area contributed by atoms with Crippen LogP contribution in [0, 0.1) is 0 Å². The van der Waals surface area contributed by atoms with E-state index in [-0.39, 0.29) is 17.2 Å². The minimum absolute atomic E-state index is 0.0122. The fourth-order valence-electron chi connectivity index (χ4n) is 3.30. The van der Waals surface area contributed by atoms with Gasteiger partial charge in [-0.3, -0.25) is 14.2 Å². The van der Waals surface area contributed by atoms with Crippen molar-refractivity contribution in [2.24, 2.45) is 0 Å². The predicted octanol–water partition coefficient (Wildman–Crippen LogP) is 5.44. The minimum Gasteiger partial charge on any atom is -0.493 e. The topological polar surface area (TPSA) is 82.5 Å². The summed E-state index contributed by atoms with van der Waals surface area (Å²) in [5, 5.41) is 4.33. The van der Waals surface area contributed by atoms with Crippen LogP contribution in [0.25, 0.3) is 16.6 Å². The lowest BCUT2D eigenvalue weighted by atomic mass is 10.2. The van der Waals surface area contributed by atoms with Gasteiger partial charge in [0.25, 0.3) is 5.56 Å². The van der Waals surface area contributed by atoms with Gasteiger partial charge in [-0.15, -0.1) is 0 Å². The number of anilines is 1. The molecule has 0 atom stereocenters. The lowest BCUT2D eigenvalue weighted by molar-refractivity contribution is -0.113. The molecule has 34 heavy (non-hydrogen) atoms. The van der Waals surface area contributed by atoms with Crippen molar-refractivity contribution >= 4 is 57.5 Å². The molecule has 7 nitrogen and oxygen atoms in total. The Balaban J connectivity index is 1.69. The number of nitrogens with zero attached hydrogens (tertiary/aromatic N) is 2. The molecule has 0 aliphatic heterocycles. The highest BCUT2D eigenvalue weighted by atomic mass is 35.5. The Morgan fingerprint density at radius 2 is 1.76 bits per heavy atom. The molecule has 0 bridgehead atoms. The van der Waals surface area contributed by atoms with Crippen molar-refractivity contribution in [2.75, 3.05) is 25.3 Å². The molecule has 1 aromatic heterocycles. The summed E-state index contributed by atoms with van der Waals surface area (Å²) in [6.07, 6.45) is 0. The number of benzene rings is 3. The van der Waals surface area contributed by atoms with Gasteiger partial charge in [-0.05, 0) is 42.5 Å². The van der Waals surface area contributed by atoms with Crippen molar-refractivity contribution in [3.63, 3.8) is 0 Å². The molecule has 0 unspecified atom stereocenters. The van der Waals surface area contributed by atoms with Crippen LogP contribution in [0.5, 0.6) is 11.5 Å². The molecular weight excluding hydrogens is 497 g/mol. The molecule has 0 saturated heterocycles. The standard InChI is InChI=1S/C24H19Cl2N3O4S/c1-32-20-10-8-15(12-21(20)33-2)29-23(31)16-5-3-4-6-19(16)28-24(29)34-13-22(30)27-14-7-9-17(25)18(26)11-14/h3-12H,13H2,1-2H3,(H,27,30). The number of halogens is 2. The van der Waals surface area contributed by atoms with E-state index >= 15 is 0 Å². The molecular formula is C24H19Cl2N3O4S. The number of thioether (sulfide) groups is 1. The summed E-state index contributed by atoms with van der Waals surface area (Å²) in [6, 6.07) is 17.0. The molecule has 10 heteroatoms. The minimum atomic E-state index is -0.287. The molecule has 1 N–H and O–H groups in total. The maximum Gasteiger partial charge on any atom is 0.266 e. The highest BCUT2D eigenvalue weighted by Gasteiger charge is 2.17. The van der Waals surface area contributed by atoms with E-state index in [1.165, 1.54) is 18.8 Å². The first-order valence-corrected chi connectivity index (χ1v) is 11.8. The third kappa shape index (κ3) is 4.99. The first-order valence-electron chi connectivity index (χ1n) is 10.0. The van der Waals surface area contributed by atoms with E-state index in [0.717, 1.165) is 11.8 Å². The van der Waals surface area contributed by atoms with Gasteiger partial charge < -0.3 is 14.8 Å². The molecule has 174 valence electrons. The Labute approximate surface area is 209 Å². The van der Waals surface area contributed by atoms with Gasteiger partial charge in [0.1, 0.15) is 0 Å². The second-order valence-electron chi connectivity index (χ2n) is 7.06. The molecule has 0 aliphatic carbocycles. The molecule has 0 fully saturated rings. The third-order valence-corrected chi connectivity index (χ3v) is 6.58. The fourth-order valence-corrected chi connectivity index (χ4v) is 4.41. The summed E-state index contributed by atoms with van der Waals surface area (Å²) in [5.74, 6) is 0.722. The Morgan fingerprint density at radius 1 is 1.00 bits per heavy atom. The van der Waals surface area contributed by atoms with Gasteiger partial charge in [-0.1, -0.05) is 47.1 Å². The van der Waals surface area contributed by atoms with Crippen molar-refractivity contribution in [1.29, 1.82) is 0 Å². The molecule has 0 radical (unpaired) electrons. The van der Waals surface area contributed by atoms with Crippen LogP contribution in [0.3, 0.4) is 0 Å². The van der Waals surface area contributed by atoms with Crippen molar-refractivity contribution in [2.45, 2.75) is 5.16 Å². The Hall–Kier alpha value is -3.20. The Bertz CT molecular complexity index is 1440. The number of rotatable bonds is 7. The molecule has 1 amide bonds. The number of amides is 1. The van der Waals surface area contributed by atoms with Crippen LogP contribution >= 0.6 is 35.0 Å². The summed E-state index contributed by atoms with van der Waals surface area (Å²) in [7, 11) is 3.06. The van der Waals surface area contributed by atoms with Gasteiger partial charge in [0, 0.05) is 11.8 Å². The SMILES string of the molecule is COc1ccc(-n2c(SCC(=O)Nc3ccc(Cl)c(Cl)c3)nc3ccccc3c2=O)cc1OC. The number of methoxy groups -OCH3 is 2. The van der Waals surface area contributed by atoms with Gasteiger partial charge >= 0.3 is 0 Å². The second kappa shape index (κ2) is 10.4. The van der Waals surface area contributed by atoms with Crippen molar-refractivity contribution in [3.8, 4) is 17.2 Å². The lowest BCUT2D eigenvalue weighted by Gasteiger charge is -2.15. The number of carbonyl (C=O) groups is 1. The molecule has 0 spiro atoms. The monoisotopic (exact) mass is 515 g/mol. The van der Waals surface area contributed by atoms with Crippen molar-refractivity contribution < 1.29 is 14.3 Å². The number of hydrogen-bond acceptors (Lipinski definition) is 6. The van der Waals surface area contributed by atoms with Gasteiger partial charge in [-0.2, -0.15) is 0 Å². The predicted molar refractivity (Wildman–Crippen MR) is 136 cm³/mol. The number of hydrogen-bond donors (Lipinski definition) is 1. The van der Waals surface area contributed by atoms with E-state index in [4.69, 9.17) is 32.7 Å². The molecule has 4 rings (SSSR count). The van der Waals surface area contributed by atoms with E-state index in [1.807, 2.05) is 0 Å². The zero-order chi connectivity index (χ0) is 24.2. The van der Waals surface area contributed by atoms with E-state index in [2.05, 4.69) is 10.3 Å². The normalized spacial score (nSPS) is 10.8. The number of carbonyl (C=O) groups excluding carboxylic acids is 1. The summed E-state index contributed by atoms with van der Waals surface area (Å²) in [5.41, 5.74) is 1.33. The van der Waals surface area contributed by atoms with Crippen LogP contribution in [-0.4, -0.2) is 35.4 Å². The number of ether oxygens (including phenoxy) is 2. The number of nitrogens with one attached hydrogen (secondary N) is 1. The molecule has 0 aliphatic rings. The maximum absolute atomic E-state index is 13.4. The molecule has 1 heterocycles. The summed E-state index contributed by atoms with van der Waals surface area (Å²) in [6.45, 7) is 0. The molecule has 0 saturated carbocycles. The van der Waals surface area contributed by atoms with Crippen LogP contribution in [0.2, 0.25) is 10.0 Å². The van der Waals surface area contributed by atoms with Crippen LogP contribution in [0.4, 0.5) is 5.69 Å². The average Bonchev–Trinajstić information content (AvgIpc) is 2.84. The number of fused-ring (bicyclic) bond motifs is 1. The number of aromatic nitrogens is 2. The smallest absolute Gasteiger partial charge is 0.266 e. The van der Waals surface area contributed by atoms with Gasteiger partial charge in [-0.25, -0.2) is 4.98 Å². The van der Waals surface area contributed by atoms with E-state index in [9.17, 15) is 9.59 Å². The summed E-state index contributed by atoms with van der Waals surface area (Å²) >= 11 is 13.1. The van der Waals surface area contributed by atoms with Gasteiger partial charge in [0.15, 0.2) is 16.7 Å². The highest BCUT2D eigenvalue weighted by molar-refractivity contribution is 7.99. The number of para-hydroxylation sites is 1. The molecule has 4 aromatic rings. The van der Waals surface area contributed by atoms with Gasteiger partial charge in [0.05, 0.1) is 46.6 Å². The van der Waals surface area contributed by atoms with Crippen LogP contribution in [0.1, 0.15) is 0 Å². The summed E-state index contributed by atoms with van der Waals surface area (Å²) in [4.78, 5) is 30.7. The van der Waals surface area contributed by atoms with E-state index < -0.39 is 0 Å². The largest absolute Gasteiger partial charge is 0.493 e. The zero-order valence-corrected chi connectivity index (χ0v) is 20.5. The van der Waals surface area contributed by atoms with E-state index in [1.54, 1.807) is 60.7 Å². The van der Waals surface area contributed by atoms with Crippen LogP contribution in [0.15, 0.2) is 70.6 Å². The van der Waals surface area contributed by atoms with Gasteiger partial charge in [0.2, 0.25) is 5.91 Å². The average molecular weight is 516 g/mol. The first-order chi connectivity index (χ1) is 16.4. The second-order valence-corrected chi connectivity index (χ2v) is 8.81. The maximum atomic E-state index is 13.4. The van der Waals surface area contributed by atoms with E-state index in [0.29, 0.717) is 49.0 Å². The van der Waals surface area contributed by atoms with Crippen LogP contribution in [-0.2, 0) is 4.79 Å². The third-order valence-electron chi connectivity index (χ3n) is 4.91. The molecule has 3 aromatic carbocycles.